The molecule has 1 fully saturated rings. The lowest BCUT2D eigenvalue weighted by atomic mass is 10.0. The van der Waals surface area contributed by atoms with Gasteiger partial charge in [0.25, 0.3) is 5.91 Å². The Labute approximate surface area is 120 Å². The number of carbonyl (C=O) groups excluding carboxylic acids is 2. The summed E-state index contributed by atoms with van der Waals surface area (Å²) >= 11 is 3.31. The smallest absolute Gasteiger partial charge is 0.328 e. The maximum absolute atomic E-state index is 12.5. The number of likely N-dealkylation sites (tertiary alicyclic amines) is 1. The van der Waals surface area contributed by atoms with E-state index in [0.29, 0.717) is 23.1 Å². The Hall–Kier alpha value is -1.43. The van der Waals surface area contributed by atoms with Gasteiger partial charge < -0.3 is 9.64 Å². The van der Waals surface area contributed by atoms with Crippen molar-refractivity contribution in [2.24, 2.45) is 0 Å². The maximum Gasteiger partial charge on any atom is 0.328 e. The Balaban J connectivity index is 2.25. The third-order valence-corrected chi connectivity index (χ3v) is 3.84. The van der Waals surface area contributed by atoms with Crippen LogP contribution in [0.15, 0.2) is 22.8 Å². The Bertz CT molecular complexity index is 493. The van der Waals surface area contributed by atoms with E-state index in [4.69, 9.17) is 4.74 Å². The first-order valence-electron chi connectivity index (χ1n) is 6.14. The van der Waals surface area contributed by atoms with E-state index >= 15 is 0 Å². The van der Waals surface area contributed by atoms with Crippen LogP contribution in [0.1, 0.15) is 29.8 Å². The lowest BCUT2D eigenvalue weighted by molar-refractivity contribution is -0.147. The zero-order valence-corrected chi connectivity index (χ0v) is 12.2. The fourth-order valence-electron chi connectivity index (χ4n) is 2.23. The van der Waals surface area contributed by atoms with Gasteiger partial charge >= 0.3 is 5.97 Å². The standard InChI is InChI=1S/C13H15BrN2O3/c1-19-13(18)10-6-2-3-8-16(10)12(17)11-9(14)5-4-7-15-11/h4-5,7,10H,2-3,6,8H2,1H3. The van der Waals surface area contributed by atoms with Gasteiger partial charge in [-0.25, -0.2) is 9.78 Å². The minimum atomic E-state index is -0.500. The number of aromatic nitrogens is 1. The molecule has 1 aliphatic rings. The quantitative estimate of drug-likeness (QED) is 0.780. The molecule has 1 aromatic heterocycles. The van der Waals surface area contributed by atoms with E-state index < -0.39 is 6.04 Å². The van der Waals surface area contributed by atoms with Crippen LogP contribution >= 0.6 is 15.9 Å². The summed E-state index contributed by atoms with van der Waals surface area (Å²) in [5.41, 5.74) is 0.332. The number of ether oxygens (including phenoxy) is 1. The molecule has 19 heavy (non-hydrogen) atoms. The molecule has 1 aliphatic heterocycles. The number of halogens is 1. The number of esters is 1. The first-order chi connectivity index (χ1) is 9.15. The minimum absolute atomic E-state index is 0.234. The van der Waals surface area contributed by atoms with Crippen molar-refractivity contribution >= 4 is 27.8 Å². The Morgan fingerprint density at radius 2 is 2.26 bits per heavy atom. The monoisotopic (exact) mass is 326 g/mol. The van der Waals surface area contributed by atoms with Crippen molar-refractivity contribution in [2.75, 3.05) is 13.7 Å². The number of hydrogen-bond donors (Lipinski definition) is 0. The van der Waals surface area contributed by atoms with Crippen molar-refractivity contribution in [2.45, 2.75) is 25.3 Å². The molecule has 1 amide bonds. The molecule has 102 valence electrons. The number of piperidine rings is 1. The molecule has 1 atom stereocenters. The first kappa shape index (κ1) is 14.0. The van der Waals surface area contributed by atoms with Crippen molar-refractivity contribution in [1.82, 2.24) is 9.88 Å². The molecule has 0 spiro atoms. The van der Waals surface area contributed by atoms with Gasteiger partial charge in [0.05, 0.1) is 7.11 Å². The first-order valence-corrected chi connectivity index (χ1v) is 6.93. The molecular weight excluding hydrogens is 312 g/mol. The van der Waals surface area contributed by atoms with Crippen LogP contribution < -0.4 is 0 Å². The minimum Gasteiger partial charge on any atom is -0.467 e. The van der Waals surface area contributed by atoms with Crippen LogP contribution in [0.3, 0.4) is 0 Å². The summed E-state index contributed by atoms with van der Waals surface area (Å²) in [6.07, 6.45) is 4.02. The van der Waals surface area contributed by atoms with Crippen molar-refractivity contribution in [3.05, 3.63) is 28.5 Å². The fraction of sp³-hybridized carbons (Fsp3) is 0.462. The van der Waals surface area contributed by atoms with Gasteiger partial charge in [0.15, 0.2) is 0 Å². The number of methoxy groups -OCH3 is 1. The molecular formula is C13H15BrN2O3. The number of rotatable bonds is 2. The summed E-state index contributed by atoms with van der Waals surface area (Å²) in [4.78, 5) is 29.9. The van der Waals surface area contributed by atoms with Gasteiger partial charge in [-0.15, -0.1) is 0 Å². The molecule has 1 aromatic rings. The second kappa shape index (κ2) is 6.14. The molecule has 0 aliphatic carbocycles. The number of carbonyl (C=O) groups is 2. The summed E-state index contributed by atoms with van der Waals surface area (Å²) in [5, 5.41) is 0. The highest BCUT2D eigenvalue weighted by Crippen LogP contribution is 2.23. The third-order valence-electron chi connectivity index (χ3n) is 3.20. The fourth-order valence-corrected chi connectivity index (χ4v) is 2.66. The van der Waals surface area contributed by atoms with Gasteiger partial charge in [-0.1, -0.05) is 0 Å². The van der Waals surface area contributed by atoms with Gasteiger partial charge in [0.1, 0.15) is 11.7 Å². The van der Waals surface area contributed by atoms with Gasteiger partial charge in [0.2, 0.25) is 0 Å². The van der Waals surface area contributed by atoms with Crippen LogP contribution in [-0.2, 0) is 9.53 Å². The summed E-state index contributed by atoms with van der Waals surface area (Å²) in [7, 11) is 1.34. The number of nitrogens with zero attached hydrogens (tertiary/aromatic N) is 2. The number of hydrogen-bond acceptors (Lipinski definition) is 4. The summed E-state index contributed by atoms with van der Waals surface area (Å²) < 4.78 is 5.40. The zero-order chi connectivity index (χ0) is 13.8. The van der Waals surface area contributed by atoms with E-state index in [9.17, 15) is 9.59 Å². The van der Waals surface area contributed by atoms with Crippen molar-refractivity contribution in [3.8, 4) is 0 Å². The topological polar surface area (TPSA) is 59.5 Å². The highest BCUT2D eigenvalue weighted by Gasteiger charge is 2.34. The number of pyridine rings is 1. The molecule has 2 rings (SSSR count). The van der Waals surface area contributed by atoms with E-state index in [1.54, 1.807) is 23.2 Å². The molecule has 0 N–H and O–H groups in total. The van der Waals surface area contributed by atoms with Crippen LogP contribution in [0.5, 0.6) is 0 Å². The van der Waals surface area contributed by atoms with Crippen LogP contribution in [0.2, 0.25) is 0 Å². The largest absolute Gasteiger partial charge is 0.467 e. The zero-order valence-electron chi connectivity index (χ0n) is 10.6. The van der Waals surface area contributed by atoms with Crippen LogP contribution in [0.25, 0.3) is 0 Å². The van der Waals surface area contributed by atoms with Gasteiger partial charge in [-0.3, -0.25) is 4.79 Å². The van der Waals surface area contributed by atoms with Gasteiger partial charge in [-0.05, 0) is 47.3 Å². The molecule has 0 radical (unpaired) electrons. The van der Waals surface area contributed by atoms with E-state index in [1.165, 1.54) is 7.11 Å². The van der Waals surface area contributed by atoms with Crippen LogP contribution in [0.4, 0.5) is 0 Å². The average molecular weight is 327 g/mol. The summed E-state index contributed by atoms with van der Waals surface area (Å²) in [6.45, 7) is 0.557. The van der Waals surface area contributed by atoms with Crippen molar-refractivity contribution in [3.63, 3.8) is 0 Å². The molecule has 0 bridgehead atoms. The average Bonchev–Trinajstić information content (AvgIpc) is 2.46. The lowest BCUT2D eigenvalue weighted by Crippen LogP contribution is -2.48. The SMILES string of the molecule is COC(=O)C1CCCCN1C(=O)c1ncccc1Br. The Morgan fingerprint density at radius 3 is 2.95 bits per heavy atom. The van der Waals surface area contributed by atoms with Crippen molar-refractivity contribution in [1.29, 1.82) is 0 Å². The van der Waals surface area contributed by atoms with E-state index in [0.717, 1.165) is 12.8 Å². The second-order valence-corrected chi connectivity index (χ2v) is 5.22. The van der Waals surface area contributed by atoms with Crippen molar-refractivity contribution < 1.29 is 14.3 Å². The third kappa shape index (κ3) is 2.94. The maximum atomic E-state index is 12.5. The Kier molecular flexibility index (Phi) is 4.52. The molecule has 5 nitrogen and oxygen atoms in total. The highest BCUT2D eigenvalue weighted by molar-refractivity contribution is 9.10. The van der Waals surface area contributed by atoms with Gasteiger partial charge in [0, 0.05) is 17.2 Å². The van der Waals surface area contributed by atoms with Crippen LogP contribution in [0, 0.1) is 0 Å². The molecule has 1 unspecified atom stereocenters. The highest BCUT2D eigenvalue weighted by atomic mass is 79.9. The predicted octanol–water partition coefficient (Wildman–Crippen LogP) is 2.01. The van der Waals surface area contributed by atoms with Gasteiger partial charge in [-0.2, -0.15) is 0 Å². The normalized spacial score (nSPS) is 19.1. The molecule has 0 aromatic carbocycles. The van der Waals surface area contributed by atoms with Crippen LogP contribution in [-0.4, -0.2) is 41.5 Å². The summed E-state index contributed by atoms with van der Waals surface area (Å²) in [5.74, 6) is -0.595. The van der Waals surface area contributed by atoms with E-state index in [2.05, 4.69) is 20.9 Å². The second-order valence-electron chi connectivity index (χ2n) is 4.37. The molecule has 6 heteroatoms. The molecule has 0 saturated carbocycles. The lowest BCUT2D eigenvalue weighted by Gasteiger charge is -2.33. The summed E-state index contributed by atoms with van der Waals surface area (Å²) in [6, 6.07) is 3.01. The number of amides is 1. The molecule has 1 saturated heterocycles. The Morgan fingerprint density at radius 1 is 1.47 bits per heavy atom. The van der Waals surface area contributed by atoms with E-state index in [1.807, 2.05) is 0 Å². The predicted molar refractivity (Wildman–Crippen MR) is 72.6 cm³/mol. The molecule has 2 heterocycles. The van der Waals surface area contributed by atoms with E-state index in [-0.39, 0.29) is 11.9 Å².